The molecule has 0 aliphatic rings. The van der Waals surface area contributed by atoms with Gasteiger partial charge in [-0.2, -0.15) is 0 Å². The van der Waals surface area contributed by atoms with Gasteiger partial charge in [0.2, 0.25) is 0 Å². The normalized spacial score (nSPS) is 9.40. The average molecular weight is 134 g/mol. The topological polar surface area (TPSA) is 24.9 Å². The number of anilines is 1. The van der Waals surface area contributed by atoms with Crippen molar-refractivity contribution in [1.82, 2.24) is 4.98 Å². The van der Waals surface area contributed by atoms with Crippen molar-refractivity contribution >= 4 is 19.1 Å². The Balaban J connectivity index is 3.07. The van der Waals surface area contributed by atoms with Crippen LogP contribution < -0.4 is 10.8 Å². The minimum absolute atomic E-state index is 0.964. The number of nitrogens with zero attached hydrogens (tertiary/aromatic N) is 1. The molecule has 0 spiro atoms. The summed E-state index contributed by atoms with van der Waals surface area (Å²) >= 11 is 0. The molecule has 0 amide bonds. The summed E-state index contributed by atoms with van der Waals surface area (Å²) in [5, 5.41) is 3.01. The fourth-order valence-corrected chi connectivity index (χ4v) is 0.977. The molecule has 52 valence electrons. The summed E-state index contributed by atoms with van der Waals surface area (Å²) in [6.45, 7) is 2.05. The third-order valence-electron chi connectivity index (χ3n) is 1.45. The first-order valence-electron chi connectivity index (χ1n) is 3.35. The summed E-state index contributed by atoms with van der Waals surface area (Å²) in [5.41, 5.74) is 2.40. The van der Waals surface area contributed by atoms with Crippen LogP contribution in [-0.2, 0) is 0 Å². The van der Waals surface area contributed by atoms with Crippen LogP contribution in [0.2, 0.25) is 0 Å². The van der Waals surface area contributed by atoms with Crippen molar-refractivity contribution < 1.29 is 0 Å². The van der Waals surface area contributed by atoms with E-state index in [4.69, 9.17) is 0 Å². The van der Waals surface area contributed by atoms with Crippen molar-refractivity contribution in [3.8, 4) is 0 Å². The van der Waals surface area contributed by atoms with E-state index in [0.717, 1.165) is 5.82 Å². The van der Waals surface area contributed by atoms with E-state index in [1.54, 1.807) is 0 Å². The third-order valence-corrected chi connectivity index (χ3v) is 1.45. The number of nitrogens with one attached hydrogen (secondary N) is 1. The molecule has 0 unspecified atom stereocenters. The van der Waals surface area contributed by atoms with Crippen LogP contribution in [0.1, 0.15) is 5.56 Å². The molecule has 0 aliphatic carbocycles. The molecule has 10 heavy (non-hydrogen) atoms. The molecule has 0 fully saturated rings. The van der Waals surface area contributed by atoms with E-state index in [9.17, 15) is 0 Å². The van der Waals surface area contributed by atoms with Crippen molar-refractivity contribution in [2.45, 2.75) is 6.92 Å². The zero-order chi connectivity index (χ0) is 7.56. The lowest BCUT2D eigenvalue weighted by Crippen LogP contribution is -2.06. The molecule has 1 rings (SSSR count). The highest BCUT2D eigenvalue weighted by Gasteiger charge is 1.94. The van der Waals surface area contributed by atoms with Crippen molar-refractivity contribution in [1.29, 1.82) is 0 Å². The molecule has 2 nitrogen and oxygen atoms in total. The predicted octanol–water partition coefficient (Wildman–Crippen LogP) is -0.310. The third kappa shape index (κ3) is 1.29. The first-order chi connectivity index (χ1) is 4.74. The van der Waals surface area contributed by atoms with Gasteiger partial charge in [-0.1, -0.05) is 11.5 Å². The van der Waals surface area contributed by atoms with Gasteiger partial charge in [0.05, 0.1) is 0 Å². The molecule has 0 bridgehead atoms. The van der Waals surface area contributed by atoms with Crippen molar-refractivity contribution in [3.05, 3.63) is 17.8 Å². The van der Waals surface area contributed by atoms with Crippen LogP contribution in [0.3, 0.4) is 0 Å². The monoisotopic (exact) mass is 134 g/mol. The van der Waals surface area contributed by atoms with E-state index in [0.29, 0.717) is 0 Å². The van der Waals surface area contributed by atoms with Crippen LogP contribution in [0.5, 0.6) is 0 Å². The van der Waals surface area contributed by atoms with E-state index in [1.807, 2.05) is 28.0 Å². The van der Waals surface area contributed by atoms with Crippen LogP contribution in [0.4, 0.5) is 5.82 Å². The summed E-state index contributed by atoms with van der Waals surface area (Å²) in [4.78, 5) is 4.19. The highest BCUT2D eigenvalue weighted by molar-refractivity contribution is 6.32. The van der Waals surface area contributed by atoms with Gasteiger partial charge >= 0.3 is 0 Å². The van der Waals surface area contributed by atoms with E-state index in [1.165, 1.54) is 11.0 Å². The molecule has 0 radical (unpaired) electrons. The summed E-state index contributed by atoms with van der Waals surface area (Å²) in [6.07, 6.45) is 1.86. The maximum atomic E-state index is 4.19. The average Bonchev–Trinajstić information content (AvgIpc) is 1.88. The van der Waals surface area contributed by atoms with Gasteiger partial charge in [0, 0.05) is 13.2 Å². The van der Waals surface area contributed by atoms with E-state index >= 15 is 0 Å². The Morgan fingerprint density at radius 1 is 1.60 bits per heavy atom. The van der Waals surface area contributed by atoms with Gasteiger partial charge in [-0.05, 0) is 12.5 Å². The van der Waals surface area contributed by atoms with Crippen LogP contribution in [0.25, 0.3) is 0 Å². The van der Waals surface area contributed by atoms with Gasteiger partial charge in [0.15, 0.2) is 0 Å². The Morgan fingerprint density at radius 3 is 2.80 bits per heavy atom. The van der Waals surface area contributed by atoms with E-state index in [2.05, 4.69) is 16.4 Å². The van der Waals surface area contributed by atoms with Gasteiger partial charge in [-0.15, -0.1) is 0 Å². The van der Waals surface area contributed by atoms with Crippen LogP contribution >= 0.6 is 0 Å². The fourth-order valence-electron chi connectivity index (χ4n) is 0.977. The molecule has 1 aromatic rings. The minimum atomic E-state index is 0.964. The maximum absolute atomic E-state index is 4.19. The summed E-state index contributed by atoms with van der Waals surface area (Å²) < 4.78 is 0. The molecule has 0 atom stereocenters. The first kappa shape index (κ1) is 7.13. The number of hydrogen-bond acceptors (Lipinski definition) is 2. The summed E-state index contributed by atoms with van der Waals surface area (Å²) in [7, 11) is 3.92. The first-order valence-corrected chi connectivity index (χ1v) is 3.35. The quantitative estimate of drug-likeness (QED) is 0.533. The Bertz CT molecular complexity index is 235. The SMILES string of the molecule is Bc1cnc(NC)c(C)c1. The van der Waals surface area contributed by atoms with Crippen molar-refractivity contribution in [2.24, 2.45) is 0 Å². The molecule has 0 aromatic carbocycles. The van der Waals surface area contributed by atoms with Gasteiger partial charge in [0.1, 0.15) is 13.7 Å². The molecule has 3 heteroatoms. The Kier molecular flexibility index (Phi) is 1.95. The predicted molar refractivity (Wildman–Crippen MR) is 46.7 cm³/mol. The smallest absolute Gasteiger partial charge is 0.141 e. The number of hydrogen-bond donors (Lipinski definition) is 1. The molecular formula is C7H11BN2. The second-order valence-electron chi connectivity index (χ2n) is 2.43. The van der Waals surface area contributed by atoms with Crippen LogP contribution in [-0.4, -0.2) is 19.9 Å². The van der Waals surface area contributed by atoms with E-state index < -0.39 is 0 Å². The number of aryl methyl sites for hydroxylation is 1. The number of aromatic nitrogens is 1. The lowest BCUT2D eigenvalue weighted by molar-refractivity contribution is 1.25. The molecule has 1 N–H and O–H groups in total. The van der Waals surface area contributed by atoms with Gasteiger partial charge in [-0.3, -0.25) is 0 Å². The Labute approximate surface area is 62.1 Å². The fraction of sp³-hybridized carbons (Fsp3) is 0.286. The van der Waals surface area contributed by atoms with Gasteiger partial charge < -0.3 is 5.32 Å². The second-order valence-corrected chi connectivity index (χ2v) is 2.43. The molecule has 1 heterocycles. The molecular weight excluding hydrogens is 123 g/mol. The maximum Gasteiger partial charge on any atom is 0.141 e. The standard InChI is InChI=1S/C7H11BN2/c1-5-3-6(8)4-10-7(5)9-2/h3-4H,8H2,1-2H3,(H,9,10). The zero-order valence-electron chi connectivity index (χ0n) is 6.60. The van der Waals surface area contributed by atoms with Gasteiger partial charge in [0.25, 0.3) is 0 Å². The lowest BCUT2D eigenvalue weighted by atomic mass is 9.97. The number of rotatable bonds is 1. The zero-order valence-corrected chi connectivity index (χ0v) is 6.60. The van der Waals surface area contributed by atoms with E-state index in [-0.39, 0.29) is 0 Å². The van der Waals surface area contributed by atoms with Crippen LogP contribution in [0.15, 0.2) is 12.3 Å². The highest BCUT2D eigenvalue weighted by Crippen LogP contribution is 2.05. The highest BCUT2D eigenvalue weighted by atomic mass is 15.0. The Morgan fingerprint density at radius 2 is 2.30 bits per heavy atom. The summed E-state index contributed by atoms with van der Waals surface area (Å²) in [6, 6.07) is 2.11. The second kappa shape index (κ2) is 2.73. The van der Waals surface area contributed by atoms with Crippen LogP contribution in [0, 0.1) is 6.92 Å². The van der Waals surface area contributed by atoms with Crippen molar-refractivity contribution in [3.63, 3.8) is 0 Å². The Hall–Kier alpha value is -0.985. The summed E-state index contributed by atoms with van der Waals surface area (Å²) in [5.74, 6) is 0.964. The number of pyridine rings is 1. The molecule has 0 saturated carbocycles. The molecule has 0 saturated heterocycles. The lowest BCUT2D eigenvalue weighted by Gasteiger charge is -2.02. The van der Waals surface area contributed by atoms with Gasteiger partial charge in [-0.25, -0.2) is 4.98 Å². The molecule has 1 aromatic heterocycles. The largest absolute Gasteiger partial charge is 0.373 e. The van der Waals surface area contributed by atoms with Crippen molar-refractivity contribution in [2.75, 3.05) is 12.4 Å². The minimum Gasteiger partial charge on any atom is -0.373 e. The molecule has 0 aliphatic heterocycles.